The molecule has 0 aromatic carbocycles. The summed E-state index contributed by atoms with van der Waals surface area (Å²) in [5, 5.41) is 0. The Morgan fingerprint density at radius 1 is 1.47 bits per heavy atom. The number of rotatable bonds is 8. The van der Waals surface area contributed by atoms with Crippen molar-refractivity contribution in [3.63, 3.8) is 0 Å². The minimum Gasteiger partial charge on any atom is -0.380 e. The van der Waals surface area contributed by atoms with Crippen molar-refractivity contribution in [1.82, 2.24) is 4.90 Å². The van der Waals surface area contributed by atoms with Gasteiger partial charge in [-0.25, -0.2) is 0 Å². The third-order valence-corrected chi connectivity index (χ3v) is 3.19. The summed E-state index contributed by atoms with van der Waals surface area (Å²) in [6.07, 6.45) is -3.62. The van der Waals surface area contributed by atoms with E-state index in [9.17, 15) is 18.0 Å². The van der Waals surface area contributed by atoms with Crippen LogP contribution in [0.1, 0.15) is 25.7 Å². The van der Waals surface area contributed by atoms with Crippen LogP contribution in [-0.2, 0) is 9.53 Å². The summed E-state index contributed by atoms with van der Waals surface area (Å²) >= 11 is 0. The molecule has 1 atom stereocenters. The summed E-state index contributed by atoms with van der Waals surface area (Å²) in [5.74, 6) is 0.0458. The lowest BCUT2D eigenvalue weighted by atomic mass is 10.2. The minimum absolute atomic E-state index is 0.0393. The average molecular weight is 282 g/mol. The van der Waals surface area contributed by atoms with Crippen molar-refractivity contribution in [1.29, 1.82) is 0 Å². The number of halogens is 3. The van der Waals surface area contributed by atoms with Crippen molar-refractivity contribution in [2.24, 2.45) is 11.7 Å². The summed E-state index contributed by atoms with van der Waals surface area (Å²) in [6, 6.07) is 0. The molecule has 0 spiro atoms. The van der Waals surface area contributed by atoms with Gasteiger partial charge in [0.1, 0.15) is 0 Å². The van der Waals surface area contributed by atoms with Crippen LogP contribution in [0, 0.1) is 5.92 Å². The Morgan fingerprint density at radius 2 is 2.11 bits per heavy atom. The first kappa shape index (κ1) is 16.2. The Hall–Kier alpha value is -0.820. The molecule has 0 radical (unpaired) electrons. The van der Waals surface area contributed by atoms with E-state index in [4.69, 9.17) is 10.5 Å². The molecule has 2 N–H and O–H groups in total. The molecule has 1 aliphatic carbocycles. The maximum Gasteiger partial charge on any atom is 0.390 e. The van der Waals surface area contributed by atoms with Crippen molar-refractivity contribution in [2.45, 2.75) is 38.0 Å². The van der Waals surface area contributed by atoms with E-state index >= 15 is 0 Å². The first-order valence-corrected chi connectivity index (χ1v) is 6.43. The van der Waals surface area contributed by atoms with E-state index in [0.29, 0.717) is 12.5 Å². The van der Waals surface area contributed by atoms with Crippen molar-refractivity contribution in [3.05, 3.63) is 0 Å². The lowest BCUT2D eigenvalue weighted by Gasteiger charge is -2.25. The number of carbonyl (C=O) groups excluding carboxylic acids is 1. The van der Waals surface area contributed by atoms with Crippen LogP contribution in [0.4, 0.5) is 13.2 Å². The molecule has 4 nitrogen and oxygen atoms in total. The fourth-order valence-corrected chi connectivity index (χ4v) is 1.78. The topological polar surface area (TPSA) is 55.6 Å². The van der Waals surface area contributed by atoms with Crippen LogP contribution in [0.15, 0.2) is 0 Å². The third kappa shape index (κ3) is 6.77. The molecule has 1 amide bonds. The van der Waals surface area contributed by atoms with Gasteiger partial charge in [-0.2, -0.15) is 13.2 Å². The summed E-state index contributed by atoms with van der Waals surface area (Å²) in [7, 11) is 1.44. The van der Waals surface area contributed by atoms with Gasteiger partial charge in [0, 0.05) is 26.7 Å². The van der Waals surface area contributed by atoms with E-state index in [0.717, 1.165) is 12.8 Å². The van der Waals surface area contributed by atoms with Gasteiger partial charge < -0.3 is 15.4 Å². The van der Waals surface area contributed by atoms with Crippen LogP contribution >= 0.6 is 0 Å². The van der Waals surface area contributed by atoms with Gasteiger partial charge in [0.25, 0.3) is 0 Å². The molecule has 0 saturated heterocycles. The van der Waals surface area contributed by atoms with Crippen LogP contribution in [-0.4, -0.2) is 49.8 Å². The predicted molar refractivity (Wildman–Crippen MR) is 64.4 cm³/mol. The Kier molecular flexibility index (Phi) is 6.06. The molecular weight excluding hydrogens is 261 g/mol. The zero-order valence-electron chi connectivity index (χ0n) is 11.1. The minimum atomic E-state index is -4.24. The fourth-order valence-electron chi connectivity index (χ4n) is 1.78. The van der Waals surface area contributed by atoms with Gasteiger partial charge in [-0.3, -0.25) is 4.79 Å². The number of nitrogens with two attached hydrogens (primary N) is 1. The highest BCUT2D eigenvalue weighted by atomic mass is 19.4. The number of methoxy groups -OCH3 is 1. The third-order valence-electron chi connectivity index (χ3n) is 3.19. The molecule has 7 heteroatoms. The lowest BCUT2D eigenvalue weighted by molar-refractivity contribution is -0.146. The van der Waals surface area contributed by atoms with E-state index in [-0.39, 0.29) is 25.4 Å². The molecule has 1 rings (SSSR count). The van der Waals surface area contributed by atoms with Gasteiger partial charge in [-0.05, 0) is 18.8 Å². The highest BCUT2D eigenvalue weighted by molar-refractivity contribution is 5.76. The van der Waals surface area contributed by atoms with E-state index in [2.05, 4.69) is 0 Å². The maximum absolute atomic E-state index is 12.2. The monoisotopic (exact) mass is 282 g/mol. The van der Waals surface area contributed by atoms with Crippen molar-refractivity contribution >= 4 is 5.91 Å². The van der Waals surface area contributed by atoms with Crippen LogP contribution in [0.2, 0.25) is 0 Å². The van der Waals surface area contributed by atoms with E-state index in [1.807, 2.05) is 0 Å². The Balaban J connectivity index is 2.48. The normalized spacial score (nSPS) is 17.3. The second kappa shape index (κ2) is 7.09. The predicted octanol–water partition coefficient (Wildman–Crippen LogP) is 1.54. The van der Waals surface area contributed by atoms with Gasteiger partial charge in [0.05, 0.1) is 18.9 Å². The summed E-state index contributed by atoms with van der Waals surface area (Å²) in [5.41, 5.74) is 5.41. The average Bonchev–Trinajstić information content (AvgIpc) is 3.13. The highest BCUT2D eigenvalue weighted by Gasteiger charge is 2.32. The molecule has 1 fully saturated rings. The molecule has 0 aromatic heterocycles. The van der Waals surface area contributed by atoms with E-state index < -0.39 is 18.7 Å². The quantitative estimate of drug-likeness (QED) is 0.734. The standard InChI is InChI=1S/C12H21F3N2O2/c1-19-10(7-16)6-11(18)17(8-9-2-3-9)5-4-12(13,14)15/h9-10H,2-8,16H2,1H3. The molecule has 112 valence electrons. The number of amides is 1. The number of carbonyl (C=O) groups is 1. The summed E-state index contributed by atoms with van der Waals surface area (Å²) in [4.78, 5) is 13.3. The first-order valence-electron chi connectivity index (χ1n) is 6.43. The van der Waals surface area contributed by atoms with Gasteiger partial charge in [0.2, 0.25) is 5.91 Å². The molecule has 19 heavy (non-hydrogen) atoms. The molecular formula is C12H21F3N2O2. The number of nitrogens with zero attached hydrogens (tertiary/aromatic N) is 1. The second-order valence-electron chi connectivity index (χ2n) is 4.95. The molecule has 1 aliphatic rings. The Labute approximate surface area is 111 Å². The highest BCUT2D eigenvalue weighted by Crippen LogP contribution is 2.30. The molecule has 1 unspecified atom stereocenters. The second-order valence-corrected chi connectivity index (χ2v) is 4.95. The molecule has 1 saturated carbocycles. The van der Waals surface area contributed by atoms with Gasteiger partial charge in [-0.15, -0.1) is 0 Å². The number of hydrogen-bond donors (Lipinski definition) is 1. The molecule has 0 heterocycles. The van der Waals surface area contributed by atoms with Crippen LogP contribution in [0.5, 0.6) is 0 Å². The smallest absolute Gasteiger partial charge is 0.380 e. The van der Waals surface area contributed by atoms with Crippen molar-refractivity contribution in [3.8, 4) is 0 Å². The number of hydrogen-bond acceptors (Lipinski definition) is 3. The van der Waals surface area contributed by atoms with Crippen LogP contribution in [0.3, 0.4) is 0 Å². The van der Waals surface area contributed by atoms with Crippen LogP contribution in [0.25, 0.3) is 0 Å². The van der Waals surface area contributed by atoms with Crippen molar-refractivity contribution in [2.75, 3.05) is 26.7 Å². The lowest BCUT2D eigenvalue weighted by Crippen LogP contribution is -2.39. The van der Waals surface area contributed by atoms with Gasteiger partial charge in [0.15, 0.2) is 0 Å². The zero-order chi connectivity index (χ0) is 14.5. The molecule has 0 aliphatic heterocycles. The van der Waals surface area contributed by atoms with Crippen LogP contribution < -0.4 is 5.73 Å². The SMILES string of the molecule is COC(CN)CC(=O)N(CCC(F)(F)F)CC1CC1. The van der Waals surface area contributed by atoms with Gasteiger partial charge in [-0.1, -0.05) is 0 Å². The summed E-state index contributed by atoms with van der Waals surface area (Å²) in [6.45, 7) is 0.314. The number of ether oxygens (including phenoxy) is 1. The van der Waals surface area contributed by atoms with Crippen molar-refractivity contribution < 1.29 is 22.7 Å². The van der Waals surface area contributed by atoms with E-state index in [1.165, 1.54) is 12.0 Å². The molecule has 0 bridgehead atoms. The largest absolute Gasteiger partial charge is 0.390 e. The van der Waals surface area contributed by atoms with Gasteiger partial charge >= 0.3 is 6.18 Å². The molecule has 0 aromatic rings. The first-order chi connectivity index (χ1) is 8.85. The Bertz CT molecular complexity index is 289. The zero-order valence-corrected chi connectivity index (χ0v) is 11.1. The Morgan fingerprint density at radius 3 is 2.53 bits per heavy atom. The maximum atomic E-state index is 12.2. The van der Waals surface area contributed by atoms with E-state index in [1.54, 1.807) is 0 Å². The number of alkyl halides is 3. The fraction of sp³-hybridized carbons (Fsp3) is 0.917. The summed E-state index contributed by atoms with van der Waals surface area (Å²) < 4.78 is 41.7.